The number of piperidine rings is 1. The van der Waals surface area contributed by atoms with Gasteiger partial charge in [0.2, 0.25) is 5.91 Å². The Morgan fingerprint density at radius 3 is 2.76 bits per heavy atom. The first-order valence-corrected chi connectivity index (χ1v) is 7.80. The summed E-state index contributed by atoms with van der Waals surface area (Å²) in [6, 6.07) is 5.67. The largest absolute Gasteiger partial charge is 0.341 e. The number of nitrogens with zero attached hydrogens (tertiary/aromatic N) is 3. The first-order chi connectivity index (χ1) is 10.0. The Morgan fingerprint density at radius 2 is 2.05 bits per heavy atom. The highest BCUT2D eigenvalue weighted by Gasteiger charge is 2.25. The van der Waals surface area contributed by atoms with Crippen molar-refractivity contribution in [3.63, 3.8) is 0 Å². The molecule has 21 heavy (non-hydrogen) atoms. The monoisotopic (exact) mass is 305 g/mol. The average Bonchev–Trinajstić information content (AvgIpc) is 2.82. The molecule has 0 saturated carbocycles. The third-order valence-corrected chi connectivity index (χ3v) is 4.47. The summed E-state index contributed by atoms with van der Waals surface area (Å²) in [4.78, 5) is 14.5. The first kappa shape index (κ1) is 14.4. The molecule has 112 valence electrons. The Kier molecular flexibility index (Phi) is 3.89. The van der Waals surface area contributed by atoms with Crippen molar-refractivity contribution in [3.8, 4) is 0 Å². The van der Waals surface area contributed by atoms with Crippen molar-refractivity contribution >= 4 is 28.4 Å². The quantitative estimate of drug-likeness (QED) is 0.854. The van der Waals surface area contributed by atoms with E-state index in [-0.39, 0.29) is 12.5 Å². The van der Waals surface area contributed by atoms with Gasteiger partial charge in [-0.3, -0.25) is 9.48 Å². The van der Waals surface area contributed by atoms with Crippen molar-refractivity contribution in [2.45, 2.75) is 26.8 Å². The molecule has 3 rings (SSSR count). The van der Waals surface area contributed by atoms with Gasteiger partial charge in [0.15, 0.2) is 0 Å². The van der Waals surface area contributed by atoms with E-state index in [0.29, 0.717) is 16.9 Å². The molecule has 1 saturated heterocycles. The van der Waals surface area contributed by atoms with Gasteiger partial charge in [-0.1, -0.05) is 31.5 Å². The fourth-order valence-electron chi connectivity index (χ4n) is 3.29. The van der Waals surface area contributed by atoms with Crippen LogP contribution in [-0.2, 0) is 11.3 Å². The molecule has 0 spiro atoms. The van der Waals surface area contributed by atoms with Crippen molar-refractivity contribution in [3.05, 3.63) is 29.4 Å². The number of rotatable bonds is 2. The Morgan fingerprint density at radius 1 is 1.33 bits per heavy atom. The van der Waals surface area contributed by atoms with Gasteiger partial charge in [0.1, 0.15) is 6.54 Å². The number of amides is 1. The smallest absolute Gasteiger partial charge is 0.244 e. The van der Waals surface area contributed by atoms with Crippen molar-refractivity contribution < 1.29 is 4.79 Å². The molecule has 0 bridgehead atoms. The highest BCUT2D eigenvalue weighted by Crippen LogP contribution is 2.24. The minimum atomic E-state index is 0.137. The lowest BCUT2D eigenvalue weighted by molar-refractivity contribution is -0.134. The molecule has 4 nitrogen and oxygen atoms in total. The summed E-state index contributed by atoms with van der Waals surface area (Å²) < 4.78 is 1.74. The number of halogens is 1. The SMILES string of the molecule is CC1CC(C)CN(C(=O)Cn2ncc3c(Cl)cccc32)C1. The number of carbonyl (C=O) groups excluding carboxylic acids is 1. The van der Waals surface area contributed by atoms with Crippen LogP contribution in [0.15, 0.2) is 24.4 Å². The van der Waals surface area contributed by atoms with Crippen LogP contribution in [0.25, 0.3) is 10.9 Å². The molecule has 1 aromatic carbocycles. The number of carbonyl (C=O) groups is 1. The standard InChI is InChI=1S/C16H20ClN3O/c1-11-6-12(2)9-19(8-11)16(21)10-20-15-5-3-4-14(17)13(15)7-18-20/h3-5,7,11-12H,6,8-10H2,1-2H3. The van der Waals surface area contributed by atoms with Crippen LogP contribution >= 0.6 is 11.6 Å². The van der Waals surface area contributed by atoms with Crippen LogP contribution in [0, 0.1) is 11.8 Å². The number of likely N-dealkylation sites (tertiary alicyclic amines) is 1. The van der Waals surface area contributed by atoms with Gasteiger partial charge in [0.05, 0.1) is 16.7 Å². The summed E-state index contributed by atoms with van der Waals surface area (Å²) >= 11 is 6.15. The zero-order valence-electron chi connectivity index (χ0n) is 12.4. The van der Waals surface area contributed by atoms with Gasteiger partial charge >= 0.3 is 0 Å². The van der Waals surface area contributed by atoms with Gasteiger partial charge < -0.3 is 4.90 Å². The third kappa shape index (κ3) is 2.91. The van der Waals surface area contributed by atoms with Gasteiger partial charge in [0.25, 0.3) is 0 Å². The minimum absolute atomic E-state index is 0.137. The topological polar surface area (TPSA) is 38.1 Å². The molecule has 1 amide bonds. The van der Waals surface area contributed by atoms with Crippen LogP contribution in [-0.4, -0.2) is 33.7 Å². The van der Waals surface area contributed by atoms with Crippen LogP contribution in [0.5, 0.6) is 0 Å². The average molecular weight is 306 g/mol. The zero-order valence-corrected chi connectivity index (χ0v) is 13.2. The van der Waals surface area contributed by atoms with E-state index in [0.717, 1.165) is 24.0 Å². The number of aromatic nitrogens is 2. The van der Waals surface area contributed by atoms with E-state index < -0.39 is 0 Å². The molecule has 1 fully saturated rings. The van der Waals surface area contributed by atoms with E-state index >= 15 is 0 Å². The third-order valence-electron chi connectivity index (χ3n) is 4.14. The molecule has 2 unspecified atom stereocenters. The molecule has 1 aromatic heterocycles. The first-order valence-electron chi connectivity index (χ1n) is 7.42. The summed E-state index contributed by atoms with van der Waals surface area (Å²) in [5.41, 5.74) is 0.911. The van der Waals surface area contributed by atoms with E-state index in [1.165, 1.54) is 6.42 Å². The molecule has 2 atom stereocenters. The molecule has 1 aliphatic rings. The molecule has 2 aromatic rings. The lowest BCUT2D eigenvalue weighted by Crippen LogP contribution is -2.44. The molecular weight excluding hydrogens is 286 g/mol. The van der Waals surface area contributed by atoms with E-state index in [1.807, 2.05) is 23.1 Å². The summed E-state index contributed by atoms with van der Waals surface area (Å²) in [6.07, 6.45) is 2.93. The second-order valence-corrected chi connectivity index (χ2v) is 6.63. The fourth-order valence-corrected chi connectivity index (χ4v) is 3.51. The number of benzene rings is 1. The summed E-state index contributed by atoms with van der Waals surface area (Å²) in [5, 5.41) is 5.88. The Bertz CT molecular complexity index is 657. The Hall–Kier alpha value is -1.55. The minimum Gasteiger partial charge on any atom is -0.341 e. The van der Waals surface area contributed by atoms with Crippen LogP contribution in [0.3, 0.4) is 0 Å². The maximum Gasteiger partial charge on any atom is 0.244 e. The van der Waals surface area contributed by atoms with Gasteiger partial charge in [-0.05, 0) is 30.4 Å². The summed E-state index contributed by atoms with van der Waals surface area (Å²) in [5.74, 6) is 1.28. The molecule has 5 heteroatoms. The number of hydrogen-bond acceptors (Lipinski definition) is 2. The molecular formula is C16H20ClN3O. The van der Waals surface area contributed by atoms with Gasteiger partial charge in [-0.25, -0.2) is 0 Å². The Labute approximate surface area is 129 Å². The molecule has 2 heterocycles. The highest BCUT2D eigenvalue weighted by molar-refractivity contribution is 6.35. The molecule has 0 N–H and O–H groups in total. The fraction of sp³-hybridized carbons (Fsp3) is 0.500. The van der Waals surface area contributed by atoms with E-state index in [1.54, 1.807) is 10.9 Å². The van der Waals surface area contributed by atoms with Gasteiger partial charge in [-0.2, -0.15) is 5.10 Å². The summed E-state index contributed by atoms with van der Waals surface area (Å²) in [6.45, 7) is 6.40. The van der Waals surface area contributed by atoms with Gasteiger partial charge in [0, 0.05) is 18.5 Å². The predicted octanol–water partition coefficient (Wildman–Crippen LogP) is 3.19. The van der Waals surface area contributed by atoms with Crippen LogP contribution in [0.4, 0.5) is 0 Å². The maximum absolute atomic E-state index is 12.5. The lowest BCUT2D eigenvalue weighted by atomic mass is 9.92. The van der Waals surface area contributed by atoms with Crippen molar-refractivity contribution in [2.75, 3.05) is 13.1 Å². The molecule has 1 aliphatic heterocycles. The van der Waals surface area contributed by atoms with Crippen molar-refractivity contribution in [1.29, 1.82) is 0 Å². The van der Waals surface area contributed by atoms with Gasteiger partial charge in [-0.15, -0.1) is 0 Å². The number of fused-ring (bicyclic) bond motifs is 1. The second-order valence-electron chi connectivity index (χ2n) is 6.22. The van der Waals surface area contributed by atoms with Crippen molar-refractivity contribution in [1.82, 2.24) is 14.7 Å². The lowest BCUT2D eigenvalue weighted by Gasteiger charge is -2.35. The van der Waals surface area contributed by atoms with Crippen LogP contribution in [0.2, 0.25) is 5.02 Å². The number of hydrogen-bond donors (Lipinski definition) is 0. The highest BCUT2D eigenvalue weighted by atomic mass is 35.5. The molecule has 0 aliphatic carbocycles. The van der Waals surface area contributed by atoms with Crippen molar-refractivity contribution in [2.24, 2.45) is 11.8 Å². The summed E-state index contributed by atoms with van der Waals surface area (Å²) in [7, 11) is 0. The van der Waals surface area contributed by atoms with E-state index in [4.69, 9.17) is 11.6 Å². The van der Waals surface area contributed by atoms with E-state index in [9.17, 15) is 4.79 Å². The maximum atomic E-state index is 12.5. The zero-order chi connectivity index (χ0) is 15.0. The van der Waals surface area contributed by atoms with Crippen LogP contribution < -0.4 is 0 Å². The second kappa shape index (κ2) is 5.68. The predicted molar refractivity (Wildman–Crippen MR) is 84.3 cm³/mol. The van der Waals surface area contributed by atoms with E-state index in [2.05, 4.69) is 18.9 Å². The Balaban J connectivity index is 1.79. The van der Waals surface area contributed by atoms with Crippen LogP contribution in [0.1, 0.15) is 20.3 Å². The molecule has 0 radical (unpaired) electrons. The normalized spacial score (nSPS) is 22.7.